The maximum Gasteiger partial charge on any atom is 0.272 e. The summed E-state index contributed by atoms with van der Waals surface area (Å²) < 4.78 is 10.6. The second kappa shape index (κ2) is 10.5. The molecule has 0 aliphatic rings. The van der Waals surface area contributed by atoms with Crippen LogP contribution in [-0.4, -0.2) is 55.1 Å². The summed E-state index contributed by atoms with van der Waals surface area (Å²) in [6, 6.07) is 7.57. The standard InChI is InChI=1S/C21H30N4O3/c1-6-7-12-25(3)20(26)17-13-15(2)23-21(24-17)22-11-10-16-8-9-18(27-4)19(14-16)28-5/h8-9,13-14H,6-7,10-12H2,1-5H3,(H,22,23,24). The van der Waals surface area contributed by atoms with Crippen LogP contribution in [0, 0.1) is 6.92 Å². The van der Waals surface area contributed by atoms with E-state index in [2.05, 4.69) is 22.2 Å². The summed E-state index contributed by atoms with van der Waals surface area (Å²) in [5.74, 6) is 1.79. The topological polar surface area (TPSA) is 76.6 Å². The van der Waals surface area contributed by atoms with Crippen molar-refractivity contribution in [3.8, 4) is 11.5 Å². The van der Waals surface area contributed by atoms with E-state index in [0.717, 1.165) is 37.1 Å². The second-order valence-corrected chi connectivity index (χ2v) is 6.66. The van der Waals surface area contributed by atoms with Crippen LogP contribution < -0.4 is 14.8 Å². The summed E-state index contributed by atoms with van der Waals surface area (Å²) in [5.41, 5.74) is 2.28. The fourth-order valence-electron chi connectivity index (χ4n) is 2.80. The maximum atomic E-state index is 12.6. The van der Waals surface area contributed by atoms with E-state index >= 15 is 0 Å². The van der Waals surface area contributed by atoms with Crippen molar-refractivity contribution >= 4 is 11.9 Å². The summed E-state index contributed by atoms with van der Waals surface area (Å²) in [4.78, 5) is 23.1. The van der Waals surface area contributed by atoms with Crippen molar-refractivity contribution in [1.82, 2.24) is 14.9 Å². The first kappa shape index (κ1) is 21.5. The van der Waals surface area contributed by atoms with Crippen LogP contribution >= 0.6 is 0 Å². The molecule has 7 heteroatoms. The third-order valence-corrected chi connectivity index (χ3v) is 4.41. The molecular formula is C21H30N4O3. The Labute approximate surface area is 167 Å². The number of carbonyl (C=O) groups excluding carboxylic acids is 1. The molecule has 0 atom stereocenters. The number of aryl methyl sites for hydroxylation is 1. The predicted octanol–water partition coefficient (Wildman–Crippen LogP) is 3.33. The zero-order valence-corrected chi connectivity index (χ0v) is 17.4. The molecule has 0 fully saturated rings. The molecule has 1 heterocycles. The molecule has 0 saturated carbocycles. The molecule has 152 valence electrons. The molecular weight excluding hydrogens is 356 g/mol. The quantitative estimate of drug-likeness (QED) is 0.675. The average molecular weight is 386 g/mol. The van der Waals surface area contributed by atoms with E-state index in [1.807, 2.05) is 25.1 Å². The highest BCUT2D eigenvalue weighted by Gasteiger charge is 2.15. The lowest BCUT2D eigenvalue weighted by Gasteiger charge is -2.17. The SMILES string of the molecule is CCCCN(C)C(=O)c1cc(C)nc(NCCc2ccc(OC)c(OC)c2)n1. The molecule has 2 aromatic rings. The zero-order chi connectivity index (χ0) is 20.5. The minimum atomic E-state index is -0.0816. The molecule has 0 bridgehead atoms. The summed E-state index contributed by atoms with van der Waals surface area (Å²) in [6.45, 7) is 5.33. The van der Waals surface area contributed by atoms with Gasteiger partial charge in [-0.2, -0.15) is 0 Å². The van der Waals surface area contributed by atoms with Crippen LogP contribution in [0.1, 0.15) is 41.5 Å². The molecule has 7 nitrogen and oxygen atoms in total. The van der Waals surface area contributed by atoms with Crippen molar-refractivity contribution in [2.45, 2.75) is 33.1 Å². The first-order chi connectivity index (χ1) is 13.5. The molecule has 0 saturated heterocycles. The van der Waals surface area contributed by atoms with Gasteiger partial charge in [-0.1, -0.05) is 19.4 Å². The molecule has 0 unspecified atom stereocenters. The smallest absolute Gasteiger partial charge is 0.272 e. The summed E-state index contributed by atoms with van der Waals surface area (Å²) >= 11 is 0. The number of benzene rings is 1. The minimum Gasteiger partial charge on any atom is -0.493 e. The Kier molecular flexibility index (Phi) is 8.04. The summed E-state index contributed by atoms with van der Waals surface area (Å²) in [6.07, 6.45) is 2.78. The average Bonchev–Trinajstić information content (AvgIpc) is 2.70. The molecule has 28 heavy (non-hydrogen) atoms. The lowest BCUT2D eigenvalue weighted by atomic mass is 10.1. The third kappa shape index (κ3) is 5.84. The van der Waals surface area contributed by atoms with Crippen LogP contribution in [0.2, 0.25) is 0 Å². The fraction of sp³-hybridized carbons (Fsp3) is 0.476. The number of nitrogens with one attached hydrogen (secondary N) is 1. The van der Waals surface area contributed by atoms with E-state index in [-0.39, 0.29) is 5.91 Å². The highest BCUT2D eigenvalue weighted by atomic mass is 16.5. The number of aromatic nitrogens is 2. The van der Waals surface area contributed by atoms with E-state index in [1.165, 1.54) is 0 Å². The van der Waals surface area contributed by atoms with Crippen LogP contribution in [0.15, 0.2) is 24.3 Å². The number of unbranched alkanes of at least 4 members (excludes halogenated alkanes) is 1. The van der Waals surface area contributed by atoms with Gasteiger partial charge < -0.3 is 19.7 Å². The van der Waals surface area contributed by atoms with Crippen molar-refractivity contribution in [3.05, 3.63) is 41.2 Å². The largest absolute Gasteiger partial charge is 0.493 e. The maximum absolute atomic E-state index is 12.6. The van der Waals surface area contributed by atoms with Crippen LogP contribution in [0.25, 0.3) is 0 Å². The fourth-order valence-corrected chi connectivity index (χ4v) is 2.80. The lowest BCUT2D eigenvalue weighted by molar-refractivity contribution is 0.0787. The zero-order valence-electron chi connectivity index (χ0n) is 17.4. The van der Waals surface area contributed by atoms with Crippen LogP contribution in [0.3, 0.4) is 0 Å². The number of rotatable bonds is 10. The molecule has 2 rings (SSSR count). The number of methoxy groups -OCH3 is 2. The monoisotopic (exact) mass is 386 g/mol. The van der Waals surface area contributed by atoms with Gasteiger partial charge in [-0.15, -0.1) is 0 Å². The first-order valence-electron chi connectivity index (χ1n) is 9.54. The van der Waals surface area contributed by atoms with E-state index in [9.17, 15) is 4.79 Å². The van der Waals surface area contributed by atoms with Gasteiger partial charge in [-0.3, -0.25) is 4.79 Å². The van der Waals surface area contributed by atoms with Gasteiger partial charge in [0.05, 0.1) is 14.2 Å². The highest BCUT2D eigenvalue weighted by molar-refractivity contribution is 5.92. The van der Waals surface area contributed by atoms with Crippen LogP contribution in [0.4, 0.5) is 5.95 Å². The number of amides is 1. The molecule has 1 N–H and O–H groups in total. The molecule has 0 radical (unpaired) electrons. The summed E-state index contributed by atoms with van der Waals surface area (Å²) in [5, 5.41) is 3.21. The molecule has 0 aliphatic carbocycles. The summed E-state index contributed by atoms with van der Waals surface area (Å²) in [7, 11) is 5.04. The Morgan fingerprint density at radius 1 is 1.14 bits per heavy atom. The second-order valence-electron chi connectivity index (χ2n) is 6.66. The van der Waals surface area contributed by atoms with Crippen LogP contribution in [0.5, 0.6) is 11.5 Å². The van der Waals surface area contributed by atoms with E-state index in [4.69, 9.17) is 9.47 Å². The molecule has 0 spiro atoms. The van der Waals surface area contributed by atoms with E-state index in [0.29, 0.717) is 29.7 Å². The van der Waals surface area contributed by atoms with Crippen molar-refractivity contribution in [2.75, 3.05) is 39.7 Å². The Bertz CT molecular complexity index is 795. The Morgan fingerprint density at radius 3 is 2.57 bits per heavy atom. The van der Waals surface area contributed by atoms with Gasteiger partial charge in [0.15, 0.2) is 11.5 Å². The number of anilines is 1. The Balaban J connectivity index is 2.01. The molecule has 0 aliphatic heterocycles. The number of nitrogens with zero attached hydrogens (tertiary/aromatic N) is 3. The van der Waals surface area contributed by atoms with Gasteiger partial charge >= 0.3 is 0 Å². The normalized spacial score (nSPS) is 10.5. The van der Waals surface area contributed by atoms with Crippen LogP contribution in [-0.2, 0) is 6.42 Å². The number of hydrogen-bond donors (Lipinski definition) is 1. The highest BCUT2D eigenvalue weighted by Crippen LogP contribution is 2.27. The van der Waals surface area contributed by atoms with E-state index < -0.39 is 0 Å². The van der Waals surface area contributed by atoms with Gasteiger partial charge in [0.1, 0.15) is 5.69 Å². The molecule has 1 aromatic carbocycles. The van der Waals surface area contributed by atoms with Crippen molar-refractivity contribution in [3.63, 3.8) is 0 Å². The van der Waals surface area contributed by atoms with Crippen molar-refractivity contribution < 1.29 is 14.3 Å². The number of ether oxygens (including phenoxy) is 2. The Hall–Kier alpha value is -2.83. The lowest BCUT2D eigenvalue weighted by Crippen LogP contribution is -2.29. The number of hydrogen-bond acceptors (Lipinski definition) is 6. The van der Waals surface area contributed by atoms with Crippen molar-refractivity contribution in [1.29, 1.82) is 0 Å². The first-order valence-corrected chi connectivity index (χ1v) is 9.54. The van der Waals surface area contributed by atoms with Gasteiger partial charge in [0.2, 0.25) is 5.95 Å². The molecule has 1 aromatic heterocycles. The van der Waals surface area contributed by atoms with Gasteiger partial charge in [0, 0.05) is 25.8 Å². The predicted molar refractivity (Wildman–Crippen MR) is 110 cm³/mol. The van der Waals surface area contributed by atoms with Gasteiger partial charge in [-0.05, 0) is 43.5 Å². The minimum absolute atomic E-state index is 0.0816. The van der Waals surface area contributed by atoms with Crippen molar-refractivity contribution in [2.24, 2.45) is 0 Å². The van der Waals surface area contributed by atoms with Gasteiger partial charge in [-0.25, -0.2) is 9.97 Å². The Morgan fingerprint density at radius 2 is 1.89 bits per heavy atom. The third-order valence-electron chi connectivity index (χ3n) is 4.41. The van der Waals surface area contributed by atoms with E-state index in [1.54, 1.807) is 32.2 Å². The van der Waals surface area contributed by atoms with Gasteiger partial charge in [0.25, 0.3) is 5.91 Å². The molecule has 1 amide bonds. The number of carbonyl (C=O) groups is 1.